The number of aliphatic carboxylic acids is 1. The van der Waals surface area contributed by atoms with Crippen LogP contribution in [0.2, 0.25) is 0 Å². The van der Waals surface area contributed by atoms with Crippen LogP contribution in [0.5, 0.6) is 0 Å². The maximum atomic E-state index is 13.0. The molecule has 0 amide bonds. The van der Waals surface area contributed by atoms with E-state index in [2.05, 4.69) is 0 Å². The zero-order valence-electron chi connectivity index (χ0n) is 7.52. The first-order valence-electron chi connectivity index (χ1n) is 3.92. The van der Waals surface area contributed by atoms with Crippen LogP contribution in [0.25, 0.3) is 0 Å². The van der Waals surface area contributed by atoms with E-state index < -0.39 is 40.7 Å². The van der Waals surface area contributed by atoms with Crippen LogP contribution in [-0.4, -0.2) is 11.1 Å². The van der Waals surface area contributed by atoms with Crippen LogP contribution in [0, 0.1) is 23.3 Å². The molecule has 0 bridgehead atoms. The average Bonchev–Trinajstić information content (AvgIpc) is 2.15. The second kappa shape index (κ2) is 3.88. The molecule has 2 nitrogen and oxygen atoms in total. The van der Waals surface area contributed by atoms with Gasteiger partial charge in [-0.05, 0) is 6.92 Å². The Balaban J connectivity index is 3.45. The molecule has 1 aromatic rings. The van der Waals surface area contributed by atoms with Crippen LogP contribution in [-0.2, 0) is 4.79 Å². The van der Waals surface area contributed by atoms with E-state index in [-0.39, 0.29) is 6.07 Å². The van der Waals surface area contributed by atoms with Crippen LogP contribution < -0.4 is 0 Å². The number of rotatable bonds is 2. The highest BCUT2D eigenvalue weighted by Gasteiger charge is 2.27. The summed E-state index contributed by atoms with van der Waals surface area (Å²) in [7, 11) is 0. The van der Waals surface area contributed by atoms with Crippen molar-refractivity contribution in [2.24, 2.45) is 0 Å². The molecule has 0 aliphatic carbocycles. The van der Waals surface area contributed by atoms with Gasteiger partial charge in [0.2, 0.25) is 0 Å². The van der Waals surface area contributed by atoms with E-state index in [0.717, 1.165) is 6.92 Å². The fraction of sp³-hybridized carbons (Fsp3) is 0.222. The minimum Gasteiger partial charge on any atom is -0.481 e. The van der Waals surface area contributed by atoms with Gasteiger partial charge in [0, 0.05) is 11.6 Å². The topological polar surface area (TPSA) is 37.3 Å². The Morgan fingerprint density at radius 2 is 1.60 bits per heavy atom. The minimum atomic E-state index is -1.68. The van der Waals surface area contributed by atoms with Crippen molar-refractivity contribution in [2.75, 3.05) is 0 Å². The highest BCUT2D eigenvalue weighted by molar-refractivity contribution is 5.75. The Kier molecular flexibility index (Phi) is 2.97. The van der Waals surface area contributed by atoms with Gasteiger partial charge in [0.15, 0.2) is 23.3 Å². The Bertz CT molecular complexity index is 391. The predicted molar refractivity (Wildman–Crippen MR) is 42.3 cm³/mol. The van der Waals surface area contributed by atoms with Crippen molar-refractivity contribution < 1.29 is 27.5 Å². The number of hydrogen-bond acceptors (Lipinski definition) is 1. The summed E-state index contributed by atoms with van der Waals surface area (Å²) in [4.78, 5) is 10.4. The lowest BCUT2D eigenvalue weighted by molar-refractivity contribution is -0.138. The zero-order chi connectivity index (χ0) is 11.7. The van der Waals surface area contributed by atoms with Crippen molar-refractivity contribution in [2.45, 2.75) is 12.8 Å². The van der Waals surface area contributed by atoms with Gasteiger partial charge in [-0.15, -0.1) is 0 Å². The molecule has 1 rings (SSSR count). The molecule has 0 aromatic heterocycles. The van der Waals surface area contributed by atoms with Gasteiger partial charge < -0.3 is 5.11 Å². The van der Waals surface area contributed by atoms with Crippen LogP contribution >= 0.6 is 0 Å². The maximum Gasteiger partial charge on any atom is 0.310 e. The summed E-state index contributed by atoms with van der Waals surface area (Å²) in [6.45, 7) is 0.933. The second-order valence-electron chi connectivity index (χ2n) is 2.94. The van der Waals surface area contributed by atoms with E-state index in [0.29, 0.717) is 0 Å². The first-order chi connectivity index (χ1) is 6.86. The number of carboxylic acids is 1. The lowest BCUT2D eigenvalue weighted by atomic mass is 9.99. The van der Waals surface area contributed by atoms with Crippen molar-refractivity contribution in [3.8, 4) is 0 Å². The van der Waals surface area contributed by atoms with Gasteiger partial charge in [-0.25, -0.2) is 17.6 Å². The van der Waals surface area contributed by atoms with Gasteiger partial charge in [0.1, 0.15) is 0 Å². The number of benzene rings is 1. The zero-order valence-corrected chi connectivity index (χ0v) is 7.52. The first kappa shape index (κ1) is 11.5. The van der Waals surface area contributed by atoms with Crippen LogP contribution in [0.3, 0.4) is 0 Å². The van der Waals surface area contributed by atoms with E-state index in [9.17, 15) is 22.4 Å². The molecule has 1 atom stereocenters. The van der Waals surface area contributed by atoms with Gasteiger partial charge in [-0.3, -0.25) is 4.79 Å². The molecule has 1 aromatic carbocycles. The molecule has 82 valence electrons. The van der Waals surface area contributed by atoms with Crippen molar-refractivity contribution >= 4 is 5.97 Å². The minimum absolute atomic E-state index is 0.0305. The van der Waals surface area contributed by atoms with Crippen LogP contribution in [0.1, 0.15) is 18.4 Å². The van der Waals surface area contributed by atoms with Gasteiger partial charge in [0.05, 0.1) is 5.92 Å². The Hall–Kier alpha value is -1.59. The summed E-state index contributed by atoms with van der Waals surface area (Å²) >= 11 is 0. The quantitative estimate of drug-likeness (QED) is 0.616. The smallest absolute Gasteiger partial charge is 0.310 e. The summed E-state index contributed by atoms with van der Waals surface area (Å²) in [5, 5.41) is 8.49. The second-order valence-corrected chi connectivity index (χ2v) is 2.94. The predicted octanol–water partition coefficient (Wildman–Crippen LogP) is 2.43. The van der Waals surface area contributed by atoms with E-state index in [4.69, 9.17) is 5.11 Å². The van der Waals surface area contributed by atoms with Gasteiger partial charge in [-0.2, -0.15) is 0 Å². The lowest BCUT2D eigenvalue weighted by Crippen LogP contribution is -2.14. The van der Waals surface area contributed by atoms with Gasteiger partial charge in [-0.1, -0.05) is 0 Å². The molecule has 15 heavy (non-hydrogen) atoms. The van der Waals surface area contributed by atoms with Crippen molar-refractivity contribution in [1.29, 1.82) is 0 Å². The van der Waals surface area contributed by atoms with Crippen molar-refractivity contribution in [3.63, 3.8) is 0 Å². The SMILES string of the molecule is CC(C(=O)O)c1c(F)c(F)cc(F)c1F. The molecule has 0 aliphatic heterocycles. The highest BCUT2D eigenvalue weighted by Crippen LogP contribution is 2.26. The molecule has 0 fully saturated rings. The highest BCUT2D eigenvalue weighted by atomic mass is 19.2. The summed E-state index contributed by atoms with van der Waals surface area (Å²) in [5.41, 5.74) is -1.11. The normalized spacial score (nSPS) is 12.6. The fourth-order valence-electron chi connectivity index (χ4n) is 1.10. The molecule has 0 saturated heterocycles. The molecular formula is C9H6F4O2. The molecule has 0 radical (unpaired) electrons. The monoisotopic (exact) mass is 222 g/mol. The van der Waals surface area contributed by atoms with E-state index in [1.165, 1.54) is 0 Å². The summed E-state index contributed by atoms with van der Waals surface area (Å²) in [6.07, 6.45) is 0. The molecular weight excluding hydrogens is 216 g/mol. The fourth-order valence-corrected chi connectivity index (χ4v) is 1.10. The average molecular weight is 222 g/mol. The molecule has 0 spiro atoms. The molecule has 0 aliphatic rings. The Morgan fingerprint density at radius 3 is 1.93 bits per heavy atom. The third kappa shape index (κ3) is 1.93. The van der Waals surface area contributed by atoms with Crippen molar-refractivity contribution in [1.82, 2.24) is 0 Å². The number of hydrogen-bond donors (Lipinski definition) is 1. The number of carbonyl (C=O) groups is 1. The molecule has 0 saturated carbocycles. The maximum absolute atomic E-state index is 13.0. The molecule has 6 heteroatoms. The summed E-state index contributed by atoms with van der Waals surface area (Å²) in [5.74, 6) is -9.81. The Morgan fingerprint density at radius 1 is 1.20 bits per heavy atom. The Labute approximate surface area is 82.1 Å². The van der Waals surface area contributed by atoms with Crippen molar-refractivity contribution in [3.05, 3.63) is 34.9 Å². The first-order valence-corrected chi connectivity index (χ1v) is 3.92. The standard InChI is InChI=1S/C9H6F4O2/c1-3(9(14)15)6-7(12)4(10)2-5(11)8(6)13/h2-3H,1H3,(H,14,15). The third-order valence-corrected chi connectivity index (χ3v) is 1.95. The number of halogens is 4. The van der Waals surface area contributed by atoms with E-state index in [1.54, 1.807) is 0 Å². The van der Waals surface area contributed by atoms with Gasteiger partial charge in [0.25, 0.3) is 0 Å². The summed E-state index contributed by atoms with van der Waals surface area (Å²) in [6, 6.07) is 0.0305. The molecule has 0 heterocycles. The van der Waals surface area contributed by atoms with E-state index >= 15 is 0 Å². The third-order valence-electron chi connectivity index (χ3n) is 1.95. The van der Waals surface area contributed by atoms with E-state index in [1.807, 2.05) is 0 Å². The largest absolute Gasteiger partial charge is 0.481 e. The van der Waals surface area contributed by atoms with Crippen LogP contribution in [0.15, 0.2) is 6.07 Å². The van der Waals surface area contributed by atoms with Crippen LogP contribution in [0.4, 0.5) is 17.6 Å². The lowest BCUT2D eigenvalue weighted by Gasteiger charge is -2.10. The number of carboxylic acid groups (broad SMARTS) is 1. The molecule has 1 N–H and O–H groups in total. The summed E-state index contributed by atoms with van der Waals surface area (Å²) < 4.78 is 51.4. The molecule has 1 unspecified atom stereocenters. The van der Waals surface area contributed by atoms with Gasteiger partial charge >= 0.3 is 5.97 Å².